The quantitative estimate of drug-likeness (QED) is 0.916. The summed E-state index contributed by atoms with van der Waals surface area (Å²) in [4.78, 5) is 11.7. The monoisotopic (exact) mass is 304 g/mol. The van der Waals surface area contributed by atoms with Gasteiger partial charge in [-0.3, -0.25) is 4.79 Å². The zero-order chi connectivity index (χ0) is 14.8. The molecule has 20 heavy (non-hydrogen) atoms. The summed E-state index contributed by atoms with van der Waals surface area (Å²) in [7, 11) is -3.45. The summed E-state index contributed by atoms with van der Waals surface area (Å²) >= 11 is 0. The Morgan fingerprint density at radius 2 is 1.90 bits per heavy atom. The van der Waals surface area contributed by atoms with Crippen molar-refractivity contribution in [3.8, 4) is 0 Å². The SMILES string of the molecule is O=C(CN1CCCCS1(=O)=O)Nc1c(F)cccc1F. The van der Waals surface area contributed by atoms with Crippen molar-refractivity contribution in [3.05, 3.63) is 29.8 Å². The highest BCUT2D eigenvalue weighted by Crippen LogP contribution is 2.18. The van der Waals surface area contributed by atoms with Gasteiger partial charge in [-0.25, -0.2) is 17.2 Å². The normalized spacial score (nSPS) is 18.7. The van der Waals surface area contributed by atoms with Gasteiger partial charge in [0.1, 0.15) is 17.3 Å². The fraction of sp³-hybridized carbons (Fsp3) is 0.417. The van der Waals surface area contributed by atoms with Crippen LogP contribution in [0.15, 0.2) is 18.2 Å². The number of carbonyl (C=O) groups excluding carboxylic acids is 1. The molecule has 0 radical (unpaired) electrons. The lowest BCUT2D eigenvalue weighted by atomic mass is 10.3. The van der Waals surface area contributed by atoms with Gasteiger partial charge < -0.3 is 5.32 Å². The van der Waals surface area contributed by atoms with Crippen molar-refractivity contribution >= 4 is 21.6 Å². The summed E-state index contributed by atoms with van der Waals surface area (Å²) in [5.41, 5.74) is -0.563. The van der Waals surface area contributed by atoms with E-state index < -0.39 is 39.8 Å². The van der Waals surface area contributed by atoms with Crippen LogP contribution in [-0.2, 0) is 14.8 Å². The average molecular weight is 304 g/mol. The topological polar surface area (TPSA) is 66.5 Å². The van der Waals surface area contributed by atoms with Crippen LogP contribution in [0, 0.1) is 11.6 Å². The molecule has 2 rings (SSSR count). The lowest BCUT2D eigenvalue weighted by Crippen LogP contribution is -2.42. The van der Waals surface area contributed by atoms with Gasteiger partial charge in [0.15, 0.2) is 0 Å². The molecule has 0 saturated carbocycles. The molecule has 1 heterocycles. The van der Waals surface area contributed by atoms with Gasteiger partial charge >= 0.3 is 0 Å². The zero-order valence-electron chi connectivity index (χ0n) is 10.6. The number of carbonyl (C=O) groups is 1. The molecular formula is C12H14F2N2O3S. The number of anilines is 1. The summed E-state index contributed by atoms with van der Waals surface area (Å²) in [6.45, 7) is -0.189. The number of rotatable bonds is 3. The molecule has 1 saturated heterocycles. The number of para-hydroxylation sites is 1. The van der Waals surface area contributed by atoms with E-state index in [1.54, 1.807) is 0 Å². The molecule has 1 N–H and O–H groups in total. The van der Waals surface area contributed by atoms with Crippen molar-refractivity contribution in [1.29, 1.82) is 0 Å². The van der Waals surface area contributed by atoms with Crippen LogP contribution in [0.4, 0.5) is 14.5 Å². The molecule has 8 heteroatoms. The zero-order valence-corrected chi connectivity index (χ0v) is 11.4. The first-order valence-electron chi connectivity index (χ1n) is 6.12. The molecule has 1 aromatic rings. The van der Waals surface area contributed by atoms with Crippen LogP contribution in [0.25, 0.3) is 0 Å². The number of nitrogens with zero attached hydrogens (tertiary/aromatic N) is 1. The van der Waals surface area contributed by atoms with E-state index in [2.05, 4.69) is 5.32 Å². The second kappa shape index (κ2) is 5.84. The Labute approximate surface area is 115 Å². The average Bonchev–Trinajstić information content (AvgIpc) is 2.36. The molecule has 1 fully saturated rings. The fourth-order valence-corrected chi connectivity index (χ4v) is 3.52. The summed E-state index contributed by atoms with van der Waals surface area (Å²) in [5.74, 6) is -2.58. The fourth-order valence-electron chi connectivity index (χ4n) is 1.97. The van der Waals surface area contributed by atoms with Crippen LogP contribution in [-0.4, -0.2) is 37.5 Å². The maximum Gasteiger partial charge on any atom is 0.239 e. The van der Waals surface area contributed by atoms with E-state index in [1.165, 1.54) is 6.07 Å². The van der Waals surface area contributed by atoms with Gasteiger partial charge in [0.05, 0.1) is 12.3 Å². The van der Waals surface area contributed by atoms with Gasteiger partial charge in [-0.15, -0.1) is 0 Å². The summed E-state index contributed by atoms with van der Waals surface area (Å²) in [6.07, 6.45) is 1.23. The first-order chi connectivity index (χ1) is 9.40. The highest BCUT2D eigenvalue weighted by atomic mass is 32.2. The number of benzene rings is 1. The Balaban J connectivity index is 2.06. The minimum atomic E-state index is -3.45. The maximum atomic E-state index is 13.4. The maximum absolute atomic E-state index is 13.4. The predicted molar refractivity (Wildman–Crippen MR) is 69.6 cm³/mol. The number of nitrogens with one attached hydrogen (secondary N) is 1. The molecule has 1 aliphatic heterocycles. The molecule has 110 valence electrons. The van der Waals surface area contributed by atoms with E-state index in [4.69, 9.17) is 0 Å². The summed E-state index contributed by atoms with van der Waals surface area (Å²) < 4.78 is 51.1. The molecule has 0 atom stereocenters. The van der Waals surface area contributed by atoms with E-state index in [-0.39, 0.29) is 12.3 Å². The molecule has 0 spiro atoms. The molecule has 0 bridgehead atoms. The molecule has 5 nitrogen and oxygen atoms in total. The van der Waals surface area contributed by atoms with E-state index >= 15 is 0 Å². The van der Waals surface area contributed by atoms with E-state index in [0.717, 1.165) is 16.4 Å². The molecule has 0 unspecified atom stereocenters. The second-order valence-electron chi connectivity index (χ2n) is 4.50. The lowest BCUT2D eigenvalue weighted by Gasteiger charge is -2.25. The summed E-state index contributed by atoms with van der Waals surface area (Å²) in [6, 6.07) is 3.20. The predicted octanol–water partition coefficient (Wildman–Crippen LogP) is 1.33. The number of hydrogen-bond donors (Lipinski definition) is 1. The van der Waals surface area contributed by atoms with Crippen LogP contribution in [0.1, 0.15) is 12.8 Å². The van der Waals surface area contributed by atoms with Crippen LogP contribution in [0.2, 0.25) is 0 Å². The van der Waals surface area contributed by atoms with Crippen LogP contribution >= 0.6 is 0 Å². The Hall–Kier alpha value is -1.54. The molecular weight excluding hydrogens is 290 g/mol. The van der Waals surface area contributed by atoms with Crippen molar-refractivity contribution in [2.75, 3.05) is 24.2 Å². The smallest absolute Gasteiger partial charge is 0.239 e. The third-order valence-corrected chi connectivity index (χ3v) is 4.90. The molecule has 1 aliphatic rings. The molecule has 0 aliphatic carbocycles. The Morgan fingerprint density at radius 1 is 1.25 bits per heavy atom. The van der Waals surface area contributed by atoms with Gasteiger partial charge in [-0.1, -0.05) is 6.07 Å². The van der Waals surface area contributed by atoms with Crippen molar-refractivity contribution in [2.45, 2.75) is 12.8 Å². The van der Waals surface area contributed by atoms with E-state index in [1.807, 2.05) is 0 Å². The first-order valence-corrected chi connectivity index (χ1v) is 7.73. The van der Waals surface area contributed by atoms with E-state index in [0.29, 0.717) is 12.8 Å². The number of halogens is 2. The Kier molecular flexibility index (Phi) is 4.34. The van der Waals surface area contributed by atoms with Crippen molar-refractivity contribution < 1.29 is 22.0 Å². The van der Waals surface area contributed by atoms with Crippen LogP contribution in [0.5, 0.6) is 0 Å². The number of hydrogen-bond acceptors (Lipinski definition) is 3. The van der Waals surface area contributed by atoms with Crippen molar-refractivity contribution in [1.82, 2.24) is 4.31 Å². The Bertz CT molecular complexity index is 599. The van der Waals surface area contributed by atoms with Crippen LogP contribution in [0.3, 0.4) is 0 Å². The molecule has 1 aromatic carbocycles. The van der Waals surface area contributed by atoms with Crippen molar-refractivity contribution in [2.24, 2.45) is 0 Å². The third-order valence-electron chi connectivity index (χ3n) is 3.00. The Morgan fingerprint density at radius 3 is 2.50 bits per heavy atom. The third kappa shape index (κ3) is 3.31. The molecule has 0 aromatic heterocycles. The number of amides is 1. The highest BCUT2D eigenvalue weighted by Gasteiger charge is 2.27. The van der Waals surface area contributed by atoms with Gasteiger partial charge in [-0.05, 0) is 25.0 Å². The van der Waals surface area contributed by atoms with Gasteiger partial charge in [0.25, 0.3) is 0 Å². The van der Waals surface area contributed by atoms with Gasteiger partial charge in [-0.2, -0.15) is 4.31 Å². The standard InChI is InChI=1S/C12H14F2N2O3S/c13-9-4-3-5-10(14)12(9)15-11(17)8-16-6-1-2-7-20(16,18)19/h3-5H,1-2,6-8H2,(H,15,17). The lowest BCUT2D eigenvalue weighted by molar-refractivity contribution is -0.116. The van der Waals surface area contributed by atoms with Crippen LogP contribution < -0.4 is 5.32 Å². The van der Waals surface area contributed by atoms with Crippen molar-refractivity contribution in [3.63, 3.8) is 0 Å². The minimum Gasteiger partial charge on any atom is -0.320 e. The van der Waals surface area contributed by atoms with E-state index in [9.17, 15) is 22.0 Å². The van der Waals surface area contributed by atoms with Gasteiger partial charge in [0.2, 0.25) is 15.9 Å². The first kappa shape index (κ1) is 14.9. The van der Waals surface area contributed by atoms with Gasteiger partial charge in [0, 0.05) is 6.54 Å². The second-order valence-corrected chi connectivity index (χ2v) is 6.59. The largest absolute Gasteiger partial charge is 0.320 e. The molecule has 1 amide bonds. The highest BCUT2D eigenvalue weighted by molar-refractivity contribution is 7.89. The number of sulfonamides is 1. The summed E-state index contributed by atoms with van der Waals surface area (Å²) in [5, 5.41) is 2.07. The minimum absolute atomic E-state index is 0.00562.